The van der Waals surface area contributed by atoms with Crippen molar-refractivity contribution in [3.8, 4) is 0 Å². The van der Waals surface area contributed by atoms with E-state index >= 15 is 0 Å². The van der Waals surface area contributed by atoms with Gasteiger partial charge in [-0.2, -0.15) is 0 Å². The van der Waals surface area contributed by atoms with Crippen molar-refractivity contribution in [1.29, 1.82) is 0 Å². The summed E-state index contributed by atoms with van der Waals surface area (Å²) in [5.74, 6) is 0. The number of ether oxygens (including phenoxy) is 1. The largest absolute Gasteiger partial charge is 0.377 e. The summed E-state index contributed by atoms with van der Waals surface area (Å²) in [5.41, 5.74) is 0. The molecule has 1 heterocycles. The fraction of sp³-hybridized carbons (Fsp3) is 1.00. The first-order valence-corrected chi connectivity index (χ1v) is 6.69. The quantitative estimate of drug-likeness (QED) is 0.720. The van der Waals surface area contributed by atoms with E-state index in [0.29, 0.717) is 12.1 Å². The van der Waals surface area contributed by atoms with E-state index in [1.165, 1.54) is 38.6 Å². The highest BCUT2D eigenvalue weighted by Gasteiger charge is 2.15. The molecule has 0 bridgehead atoms. The molecule has 0 aromatic heterocycles. The Kier molecular flexibility index (Phi) is 7.01. The Morgan fingerprint density at radius 1 is 1.44 bits per heavy atom. The molecule has 0 spiro atoms. The number of nitrogens with zero attached hydrogens (tertiary/aromatic N) is 1. The average molecular weight is 228 g/mol. The van der Waals surface area contributed by atoms with Gasteiger partial charge in [0.25, 0.3) is 0 Å². The molecule has 0 amide bonds. The lowest BCUT2D eigenvalue weighted by molar-refractivity contribution is -0.00164. The van der Waals surface area contributed by atoms with Gasteiger partial charge >= 0.3 is 0 Å². The van der Waals surface area contributed by atoms with Gasteiger partial charge in [-0.3, -0.25) is 0 Å². The number of rotatable bonds is 7. The molecule has 96 valence electrons. The molecule has 0 radical (unpaired) electrons. The van der Waals surface area contributed by atoms with Gasteiger partial charge in [0.2, 0.25) is 0 Å². The minimum absolute atomic E-state index is 0.487. The van der Waals surface area contributed by atoms with E-state index in [4.69, 9.17) is 4.74 Å². The van der Waals surface area contributed by atoms with Gasteiger partial charge in [0.05, 0.1) is 6.10 Å². The molecule has 0 saturated carbocycles. The molecule has 1 fully saturated rings. The summed E-state index contributed by atoms with van der Waals surface area (Å²) in [7, 11) is 4.24. The summed E-state index contributed by atoms with van der Waals surface area (Å²) in [5, 5.41) is 3.28. The molecule has 1 N–H and O–H groups in total. The highest BCUT2D eigenvalue weighted by molar-refractivity contribution is 4.68. The SMILES string of the molecule is CNC(C)CCCN(C)CC1CCCCO1. The first-order valence-electron chi connectivity index (χ1n) is 6.69. The maximum atomic E-state index is 5.74. The maximum Gasteiger partial charge on any atom is 0.0701 e. The fourth-order valence-corrected chi connectivity index (χ4v) is 2.20. The lowest BCUT2D eigenvalue weighted by Gasteiger charge is -2.27. The van der Waals surface area contributed by atoms with Gasteiger partial charge in [0, 0.05) is 19.2 Å². The van der Waals surface area contributed by atoms with E-state index < -0.39 is 0 Å². The number of likely N-dealkylation sites (N-methyl/N-ethyl adjacent to an activating group) is 1. The third-order valence-corrected chi connectivity index (χ3v) is 3.46. The highest BCUT2D eigenvalue weighted by atomic mass is 16.5. The van der Waals surface area contributed by atoms with Crippen LogP contribution in [0.25, 0.3) is 0 Å². The Labute approximate surface area is 101 Å². The molecule has 16 heavy (non-hydrogen) atoms. The number of nitrogens with one attached hydrogen (secondary N) is 1. The van der Waals surface area contributed by atoms with Crippen LogP contribution in [0.4, 0.5) is 0 Å². The summed E-state index contributed by atoms with van der Waals surface area (Å²) in [6.45, 7) is 5.50. The first kappa shape index (κ1) is 13.9. The van der Waals surface area contributed by atoms with Crippen molar-refractivity contribution in [3.05, 3.63) is 0 Å². The van der Waals surface area contributed by atoms with Gasteiger partial charge in [0.1, 0.15) is 0 Å². The summed E-state index contributed by atoms with van der Waals surface area (Å²) in [4.78, 5) is 2.42. The zero-order valence-corrected chi connectivity index (χ0v) is 11.2. The number of hydrogen-bond acceptors (Lipinski definition) is 3. The highest BCUT2D eigenvalue weighted by Crippen LogP contribution is 2.13. The standard InChI is InChI=1S/C13H28N2O/c1-12(14-2)7-6-9-15(3)11-13-8-4-5-10-16-13/h12-14H,4-11H2,1-3H3. The molecular formula is C13H28N2O. The van der Waals surface area contributed by atoms with E-state index in [9.17, 15) is 0 Å². The molecule has 2 unspecified atom stereocenters. The van der Waals surface area contributed by atoms with Crippen molar-refractivity contribution < 1.29 is 4.74 Å². The fourth-order valence-electron chi connectivity index (χ4n) is 2.20. The molecule has 1 saturated heterocycles. The van der Waals surface area contributed by atoms with Crippen molar-refractivity contribution in [2.75, 3.05) is 33.8 Å². The Morgan fingerprint density at radius 3 is 2.88 bits per heavy atom. The molecule has 1 aliphatic rings. The molecule has 1 rings (SSSR count). The zero-order valence-electron chi connectivity index (χ0n) is 11.2. The van der Waals surface area contributed by atoms with Crippen molar-refractivity contribution in [1.82, 2.24) is 10.2 Å². The molecule has 1 aliphatic heterocycles. The Balaban J connectivity index is 2.03. The smallest absolute Gasteiger partial charge is 0.0701 e. The average Bonchev–Trinajstić information content (AvgIpc) is 2.30. The second-order valence-corrected chi connectivity index (χ2v) is 5.08. The molecule has 0 aromatic carbocycles. The lowest BCUT2D eigenvalue weighted by Crippen LogP contribution is -2.34. The van der Waals surface area contributed by atoms with Crippen LogP contribution in [0.15, 0.2) is 0 Å². The van der Waals surface area contributed by atoms with Gasteiger partial charge in [-0.15, -0.1) is 0 Å². The number of hydrogen-bond donors (Lipinski definition) is 1. The summed E-state index contributed by atoms with van der Waals surface area (Å²) < 4.78 is 5.74. The second-order valence-electron chi connectivity index (χ2n) is 5.08. The molecule has 3 heteroatoms. The van der Waals surface area contributed by atoms with Gasteiger partial charge < -0.3 is 15.0 Å². The summed E-state index contributed by atoms with van der Waals surface area (Å²) in [6, 6.07) is 0.638. The minimum atomic E-state index is 0.487. The van der Waals surface area contributed by atoms with Gasteiger partial charge in [-0.1, -0.05) is 0 Å². The molecule has 0 aromatic rings. The second kappa shape index (κ2) is 8.04. The lowest BCUT2D eigenvalue weighted by atomic mass is 10.1. The van der Waals surface area contributed by atoms with Crippen LogP contribution in [0, 0.1) is 0 Å². The summed E-state index contributed by atoms with van der Waals surface area (Å²) >= 11 is 0. The van der Waals surface area contributed by atoms with E-state index in [-0.39, 0.29) is 0 Å². The van der Waals surface area contributed by atoms with Crippen molar-refractivity contribution >= 4 is 0 Å². The van der Waals surface area contributed by atoms with E-state index in [0.717, 1.165) is 13.2 Å². The predicted octanol–water partition coefficient (Wildman–Crippen LogP) is 1.88. The van der Waals surface area contributed by atoms with Crippen LogP contribution >= 0.6 is 0 Å². The van der Waals surface area contributed by atoms with Crippen LogP contribution in [0.1, 0.15) is 39.0 Å². The first-order chi connectivity index (χ1) is 7.72. The van der Waals surface area contributed by atoms with Crippen LogP contribution in [0.3, 0.4) is 0 Å². The Bertz CT molecular complexity index is 169. The monoisotopic (exact) mass is 228 g/mol. The van der Waals surface area contributed by atoms with Crippen molar-refractivity contribution in [3.63, 3.8) is 0 Å². The molecular weight excluding hydrogens is 200 g/mol. The van der Waals surface area contributed by atoms with Crippen LogP contribution in [0.5, 0.6) is 0 Å². The third-order valence-electron chi connectivity index (χ3n) is 3.46. The van der Waals surface area contributed by atoms with Crippen LogP contribution in [0.2, 0.25) is 0 Å². The van der Waals surface area contributed by atoms with Crippen molar-refractivity contribution in [2.24, 2.45) is 0 Å². The van der Waals surface area contributed by atoms with E-state index in [2.05, 4.69) is 24.2 Å². The molecule has 0 aliphatic carbocycles. The van der Waals surface area contributed by atoms with Crippen molar-refractivity contribution in [2.45, 2.75) is 51.2 Å². The topological polar surface area (TPSA) is 24.5 Å². The van der Waals surface area contributed by atoms with Crippen LogP contribution < -0.4 is 5.32 Å². The van der Waals surface area contributed by atoms with Crippen LogP contribution in [-0.2, 0) is 4.74 Å². The van der Waals surface area contributed by atoms with Gasteiger partial charge in [0.15, 0.2) is 0 Å². The Morgan fingerprint density at radius 2 is 2.25 bits per heavy atom. The minimum Gasteiger partial charge on any atom is -0.377 e. The normalized spacial score (nSPS) is 23.6. The van der Waals surface area contributed by atoms with E-state index in [1.807, 2.05) is 7.05 Å². The van der Waals surface area contributed by atoms with Gasteiger partial charge in [-0.25, -0.2) is 0 Å². The Hall–Kier alpha value is -0.120. The maximum absolute atomic E-state index is 5.74. The van der Waals surface area contributed by atoms with E-state index in [1.54, 1.807) is 0 Å². The molecule has 2 atom stereocenters. The third kappa shape index (κ3) is 5.83. The summed E-state index contributed by atoms with van der Waals surface area (Å²) in [6.07, 6.45) is 6.85. The predicted molar refractivity (Wildman–Crippen MR) is 68.8 cm³/mol. The van der Waals surface area contributed by atoms with Crippen LogP contribution in [-0.4, -0.2) is 50.8 Å². The zero-order chi connectivity index (χ0) is 11.8. The molecule has 3 nitrogen and oxygen atoms in total. The van der Waals surface area contributed by atoms with Gasteiger partial charge in [-0.05, 0) is 59.7 Å².